The summed E-state index contributed by atoms with van der Waals surface area (Å²) in [5.74, 6) is 0.634. The molecule has 0 saturated carbocycles. The summed E-state index contributed by atoms with van der Waals surface area (Å²) in [4.78, 5) is 29.6. The van der Waals surface area contributed by atoms with Crippen molar-refractivity contribution in [1.29, 1.82) is 0 Å². The van der Waals surface area contributed by atoms with E-state index in [1.165, 1.54) is 19.4 Å². The van der Waals surface area contributed by atoms with E-state index in [2.05, 4.69) is 10.1 Å². The monoisotopic (exact) mass is 560 g/mol. The number of nitro groups is 1. The van der Waals surface area contributed by atoms with Crippen LogP contribution < -0.4 is 15.0 Å². The lowest BCUT2D eigenvalue weighted by Crippen LogP contribution is -2.20. The fourth-order valence-corrected chi connectivity index (χ4v) is 4.22. The SMILES string of the molecule is COc1cc(C=Nn2c(-c3cc4cc(Cl)ccc4o3)nc3ccccc3c2=O)cc([N+](=O)[O-])c1OCC(C)(C)C. The second kappa shape index (κ2) is 10.5. The summed E-state index contributed by atoms with van der Waals surface area (Å²) >= 11 is 6.14. The summed E-state index contributed by atoms with van der Waals surface area (Å²) in [5.41, 5.74) is 0.370. The maximum absolute atomic E-state index is 13.5. The van der Waals surface area contributed by atoms with Gasteiger partial charge < -0.3 is 13.9 Å². The van der Waals surface area contributed by atoms with Crippen molar-refractivity contribution in [3.63, 3.8) is 0 Å². The predicted octanol–water partition coefficient (Wildman–Crippen LogP) is 6.69. The second-order valence-electron chi connectivity index (χ2n) is 10.3. The molecule has 3 aromatic carbocycles. The molecule has 0 aliphatic rings. The van der Waals surface area contributed by atoms with Gasteiger partial charge in [-0.2, -0.15) is 9.78 Å². The van der Waals surface area contributed by atoms with Gasteiger partial charge in [0.1, 0.15) is 5.58 Å². The van der Waals surface area contributed by atoms with E-state index in [0.717, 1.165) is 10.1 Å². The molecule has 0 spiro atoms. The van der Waals surface area contributed by atoms with Crippen molar-refractivity contribution in [2.24, 2.45) is 10.5 Å². The summed E-state index contributed by atoms with van der Waals surface area (Å²) in [6, 6.07) is 16.6. The van der Waals surface area contributed by atoms with E-state index < -0.39 is 10.5 Å². The maximum Gasteiger partial charge on any atom is 0.315 e. The Morgan fingerprint density at radius 2 is 1.93 bits per heavy atom. The van der Waals surface area contributed by atoms with E-state index in [9.17, 15) is 14.9 Å². The number of halogens is 1. The molecule has 0 aliphatic carbocycles. The van der Waals surface area contributed by atoms with Gasteiger partial charge in [-0.05, 0) is 47.9 Å². The highest BCUT2D eigenvalue weighted by molar-refractivity contribution is 6.31. The van der Waals surface area contributed by atoms with Crippen LogP contribution in [0.1, 0.15) is 26.3 Å². The maximum atomic E-state index is 13.5. The van der Waals surface area contributed by atoms with Gasteiger partial charge in [-0.25, -0.2) is 4.98 Å². The number of aromatic nitrogens is 2. The number of rotatable bonds is 7. The smallest absolute Gasteiger partial charge is 0.315 e. The lowest BCUT2D eigenvalue weighted by Gasteiger charge is -2.20. The lowest BCUT2D eigenvalue weighted by atomic mass is 9.98. The molecular formula is C29H25ClN4O6. The van der Waals surface area contributed by atoms with Crippen LogP contribution in [-0.4, -0.2) is 34.5 Å². The average molecular weight is 561 g/mol. The zero-order chi connectivity index (χ0) is 28.6. The molecule has 5 rings (SSSR count). The minimum Gasteiger partial charge on any atom is -0.493 e. The number of fused-ring (bicyclic) bond motifs is 2. The van der Waals surface area contributed by atoms with Gasteiger partial charge in [0.15, 0.2) is 11.5 Å². The molecule has 0 aliphatic heterocycles. The molecule has 11 heteroatoms. The normalized spacial score (nSPS) is 11.9. The van der Waals surface area contributed by atoms with Crippen LogP contribution in [0.2, 0.25) is 5.02 Å². The van der Waals surface area contributed by atoms with E-state index in [1.54, 1.807) is 54.6 Å². The largest absolute Gasteiger partial charge is 0.493 e. The Morgan fingerprint density at radius 1 is 1.15 bits per heavy atom. The number of furan rings is 1. The fraction of sp³-hybridized carbons (Fsp3) is 0.207. The number of nitrogens with zero attached hydrogens (tertiary/aromatic N) is 4. The van der Waals surface area contributed by atoms with Crippen molar-refractivity contribution in [3.8, 4) is 23.1 Å². The molecule has 0 atom stereocenters. The van der Waals surface area contributed by atoms with Crippen LogP contribution in [0.4, 0.5) is 5.69 Å². The van der Waals surface area contributed by atoms with Crippen LogP contribution in [-0.2, 0) is 0 Å². The molecule has 0 N–H and O–H groups in total. The van der Waals surface area contributed by atoms with Crippen molar-refractivity contribution in [1.82, 2.24) is 9.66 Å². The number of hydrogen-bond acceptors (Lipinski definition) is 8. The van der Waals surface area contributed by atoms with E-state index in [4.69, 9.17) is 25.5 Å². The van der Waals surface area contributed by atoms with Gasteiger partial charge in [-0.15, -0.1) is 0 Å². The van der Waals surface area contributed by atoms with Gasteiger partial charge in [0.2, 0.25) is 11.6 Å². The Balaban J connectivity index is 1.65. The molecule has 2 aromatic heterocycles. The van der Waals surface area contributed by atoms with Crippen molar-refractivity contribution >= 4 is 45.4 Å². The van der Waals surface area contributed by atoms with Crippen LogP contribution in [0, 0.1) is 15.5 Å². The number of benzene rings is 3. The summed E-state index contributed by atoms with van der Waals surface area (Å²) in [6.07, 6.45) is 1.32. The van der Waals surface area contributed by atoms with Crippen molar-refractivity contribution in [3.05, 3.63) is 91.7 Å². The third-order valence-electron chi connectivity index (χ3n) is 5.90. The Bertz CT molecular complexity index is 1850. The first-order valence-electron chi connectivity index (χ1n) is 12.3. The summed E-state index contributed by atoms with van der Waals surface area (Å²) < 4.78 is 18.3. The first-order valence-corrected chi connectivity index (χ1v) is 12.7. The third kappa shape index (κ3) is 5.39. The first-order chi connectivity index (χ1) is 19.0. The van der Waals surface area contributed by atoms with Crippen LogP contribution in [0.5, 0.6) is 11.5 Å². The molecule has 0 radical (unpaired) electrons. The van der Waals surface area contributed by atoms with Gasteiger partial charge in [0, 0.05) is 22.0 Å². The molecule has 5 aromatic rings. The van der Waals surface area contributed by atoms with E-state index in [0.29, 0.717) is 32.8 Å². The van der Waals surface area contributed by atoms with Crippen LogP contribution in [0.3, 0.4) is 0 Å². The molecule has 0 bridgehead atoms. The van der Waals surface area contributed by atoms with Gasteiger partial charge in [0.05, 0.1) is 35.8 Å². The highest BCUT2D eigenvalue weighted by atomic mass is 35.5. The Kier molecular flexibility index (Phi) is 7.03. The average Bonchev–Trinajstić information content (AvgIpc) is 3.33. The molecule has 40 heavy (non-hydrogen) atoms. The quantitative estimate of drug-likeness (QED) is 0.123. The fourth-order valence-electron chi connectivity index (χ4n) is 4.04. The minimum absolute atomic E-state index is 0.0192. The van der Waals surface area contributed by atoms with Crippen LogP contribution in [0.25, 0.3) is 33.5 Å². The number of hydrogen-bond donors (Lipinski definition) is 0. The first kappa shape index (κ1) is 26.9. The molecule has 0 amide bonds. The highest BCUT2D eigenvalue weighted by Gasteiger charge is 2.24. The summed E-state index contributed by atoms with van der Waals surface area (Å²) in [6.45, 7) is 6.10. The summed E-state index contributed by atoms with van der Waals surface area (Å²) in [7, 11) is 1.40. The van der Waals surface area contributed by atoms with Gasteiger partial charge >= 0.3 is 5.69 Å². The zero-order valence-electron chi connectivity index (χ0n) is 22.2. The van der Waals surface area contributed by atoms with Crippen molar-refractivity contribution in [2.75, 3.05) is 13.7 Å². The second-order valence-corrected chi connectivity index (χ2v) is 10.7. The van der Waals surface area contributed by atoms with Gasteiger partial charge in [-0.3, -0.25) is 14.9 Å². The zero-order valence-corrected chi connectivity index (χ0v) is 22.9. The highest BCUT2D eigenvalue weighted by Crippen LogP contribution is 2.39. The van der Waals surface area contributed by atoms with Crippen molar-refractivity contribution < 1.29 is 18.8 Å². The van der Waals surface area contributed by atoms with Crippen LogP contribution >= 0.6 is 11.6 Å². The number of ether oxygens (including phenoxy) is 2. The molecule has 0 fully saturated rings. The predicted molar refractivity (Wildman–Crippen MR) is 154 cm³/mol. The minimum atomic E-state index is -0.549. The van der Waals surface area contributed by atoms with Crippen molar-refractivity contribution in [2.45, 2.75) is 20.8 Å². The lowest BCUT2D eigenvalue weighted by molar-refractivity contribution is -0.386. The molecular weight excluding hydrogens is 536 g/mol. The van der Waals surface area contributed by atoms with Gasteiger partial charge in [0.25, 0.3) is 5.56 Å². The number of para-hydroxylation sites is 1. The standard InChI is InChI=1S/C29H25ClN4O6/c1-29(2,3)16-39-26-22(34(36)37)11-17(12-24(26)38-4)15-31-33-27(32-21-8-6-5-7-20(21)28(33)35)25-14-18-13-19(30)9-10-23(18)40-25/h5-15H,16H2,1-4H3. The molecule has 0 unspecified atom stereocenters. The number of methoxy groups -OCH3 is 1. The van der Waals surface area contributed by atoms with Gasteiger partial charge in [-0.1, -0.05) is 44.5 Å². The van der Waals surface area contributed by atoms with E-state index in [1.807, 2.05) is 20.8 Å². The Morgan fingerprint density at radius 3 is 2.65 bits per heavy atom. The van der Waals surface area contributed by atoms with E-state index >= 15 is 0 Å². The molecule has 0 saturated heterocycles. The van der Waals surface area contributed by atoms with Crippen LogP contribution in [0.15, 0.2) is 75.0 Å². The molecule has 204 valence electrons. The molecule has 2 heterocycles. The summed E-state index contributed by atoms with van der Waals surface area (Å²) in [5, 5.41) is 17.9. The topological polar surface area (TPSA) is 122 Å². The third-order valence-corrected chi connectivity index (χ3v) is 6.13. The Hall–Kier alpha value is -4.70. The van der Waals surface area contributed by atoms with E-state index in [-0.39, 0.29) is 35.0 Å². The Labute approximate surface area is 233 Å². The molecule has 10 nitrogen and oxygen atoms in total. The number of nitro benzene ring substituents is 1.